The Balaban J connectivity index is 1.48. The second-order valence-corrected chi connectivity index (χ2v) is 8.83. The summed E-state index contributed by atoms with van der Waals surface area (Å²) in [5.41, 5.74) is 2.52. The average molecular weight is 462 g/mol. The van der Waals surface area contributed by atoms with E-state index >= 15 is 0 Å². The van der Waals surface area contributed by atoms with Crippen molar-refractivity contribution in [2.45, 2.75) is 6.54 Å². The molecule has 168 valence electrons. The number of hydrogen-bond donors (Lipinski definition) is 0. The van der Waals surface area contributed by atoms with Gasteiger partial charge in [0, 0.05) is 35.3 Å². The van der Waals surface area contributed by atoms with Crippen molar-refractivity contribution in [1.82, 2.24) is 9.88 Å². The molecule has 2 aromatic carbocycles. The van der Waals surface area contributed by atoms with Gasteiger partial charge in [-0.15, -0.1) is 0 Å². The number of ether oxygens (including phenoxy) is 2. The van der Waals surface area contributed by atoms with Gasteiger partial charge in [-0.05, 0) is 35.4 Å². The number of carbonyl (C=O) groups is 2. The summed E-state index contributed by atoms with van der Waals surface area (Å²) < 4.78 is 10.6. The fourth-order valence-electron chi connectivity index (χ4n) is 3.99. The molecule has 8 heteroatoms. The van der Waals surface area contributed by atoms with Crippen LogP contribution >= 0.6 is 11.3 Å². The molecule has 2 amide bonds. The second kappa shape index (κ2) is 9.17. The lowest BCUT2D eigenvalue weighted by Crippen LogP contribution is -2.41. The number of hydrogen-bond acceptors (Lipinski definition) is 7. The normalized spacial score (nSPS) is 17.4. The fraction of sp³-hybridized carbons (Fsp3) is 0.240. The van der Waals surface area contributed by atoms with E-state index in [1.165, 1.54) is 16.2 Å². The molecular formula is C25H23N3O4S. The van der Waals surface area contributed by atoms with Gasteiger partial charge in [-0.1, -0.05) is 41.7 Å². The van der Waals surface area contributed by atoms with Gasteiger partial charge in [-0.3, -0.25) is 14.5 Å². The maximum absolute atomic E-state index is 13.5. The van der Waals surface area contributed by atoms with Gasteiger partial charge in [0.15, 0.2) is 5.13 Å². The standard InChI is InChI=1S/C25H23N3O4S/c1-31-18-8-6-17(7-9-18)16-28-23(29)21-5-3-2-4-20(21)22(24(28)30)14-19-15-26-25(33-19)27-10-12-32-13-11-27/h2-9,14-15H,10-13,16H2,1H3. The lowest BCUT2D eigenvalue weighted by molar-refractivity contribution is -0.123. The number of fused-ring (bicyclic) bond motifs is 1. The molecule has 1 aromatic heterocycles. The Labute approximate surface area is 195 Å². The Morgan fingerprint density at radius 1 is 1.03 bits per heavy atom. The summed E-state index contributed by atoms with van der Waals surface area (Å²) in [5, 5.41) is 0.910. The van der Waals surface area contributed by atoms with Crippen LogP contribution in [0.4, 0.5) is 5.13 Å². The molecule has 3 heterocycles. The lowest BCUT2D eigenvalue weighted by atomic mass is 9.92. The van der Waals surface area contributed by atoms with Crippen molar-refractivity contribution in [2.75, 3.05) is 38.3 Å². The molecule has 2 aliphatic rings. The number of benzene rings is 2. The Kier molecular flexibility index (Phi) is 5.93. The van der Waals surface area contributed by atoms with Gasteiger partial charge in [0.05, 0.1) is 26.9 Å². The Bertz CT molecular complexity index is 1210. The van der Waals surface area contributed by atoms with Crippen molar-refractivity contribution in [1.29, 1.82) is 0 Å². The van der Waals surface area contributed by atoms with E-state index in [0.29, 0.717) is 29.9 Å². The highest BCUT2D eigenvalue weighted by molar-refractivity contribution is 7.16. The van der Waals surface area contributed by atoms with Gasteiger partial charge in [-0.2, -0.15) is 0 Å². The first-order valence-corrected chi connectivity index (χ1v) is 11.5. The number of methoxy groups -OCH3 is 1. The zero-order chi connectivity index (χ0) is 22.8. The zero-order valence-electron chi connectivity index (χ0n) is 18.2. The highest BCUT2D eigenvalue weighted by atomic mass is 32.1. The second-order valence-electron chi connectivity index (χ2n) is 7.79. The largest absolute Gasteiger partial charge is 0.497 e. The van der Waals surface area contributed by atoms with Crippen LogP contribution in [0.1, 0.15) is 26.4 Å². The summed E-state index contributed by atoms with van der Waals surface area (Å²) in [6.45, 7) is 3.16. The van der Waals surface area contributed by atoms with Gasteiger partial charge >= 0.3 is 0 Å². The zero-order valence-corrected chi connectivity index (χ0v) is 19.0. The summed E-state index contributed by atoms with van der Waals surface area (Å²) >= 11 is 1.53. The van der Waals surface area contributed by atoms with Crippen molar-refractivity contribution in [2.24, 2.45) is 0 Å². The average Bonchev–Trinajstić information content (AvgIpc) is 3.34. The third-order valence-corrected chi connectivity index (χ3v) is 6.75. The fourth-order valence-corrected chi connectivity index (χ4v) is 4.90. The smallest absolute Gasteiger partial charge is 0.261 e. The van der Waals surface area contributed by atoms with Crippen LogP contribution in [0, 0.1) is 0 Å². The molecule has 0 bridgehead atoms. The van der Waals surface area contributed by atoms with Gasteiger partial charge in [0.1, 0.15) is 5.75 Å². The number of amides is 2. The van der Waals surface area contributed by atoms with Crippen LogP contribution in [0.2, 0.25) is 0 Å². The third-order valence-electron chi connectivity index (χ3n) is 5.75. The topological polar surface area (TPSA) is 72.0 Å². The Morgan fingerprint density at radius 3 is 2.48 bits per heavy atom. The summed E-state index contributed by atoms with van der Waals surface area (Å²) in [6.07, 6.45) is 3.62. The van der Waals surface area contributed by atoms with Crippen LogP contribution < -0.4 is 9.64 Å². The first-order chi connectivity index (χ1) is 16.1. The SMILES string of the molecule is COc1ccc(CN2C(=O)C(=Cc3cnc(N4CCOCC4)s3)c3ccccc3C2=O)cc1. The monoisotopic (exact) mass is 461 g/mol. The third kappa shape index (κ3) is 4.27. The van der Waals surface area contributed by atoms with Crippen molar-refractivity contribution in [3.8, 4) is 5.75 Å². The summed E-state index contributed by atoms with van der Waals surface area (Å²) in [6, 6.07) is 14.6. The van der Waals surface area contributed by atoms with E-state index in [1.54, 1.807) is 19.4 Å². The molecule has 0 unspecified atom stereocenters. The number of nitrogens with zero attached hydrogens (tertiary/aromatic N) is 3. The molecule has 0 atom stereocenters. The Hall–Kier alpha value is -3.49. The maximum Gasteiger partial charge on any atom is 0.261 e. The van der Waals surface area contributed by atoms with Crippen LogP contribution in [0.3, 0.4) is 0 Å². The minimum Gasteiger partial charge on any atom is -0.497 e. The predicted molar refractivity (Wildman–Crippen MR) is 127 cm³/mol. The highest BCUT2D eigenvalue weighted by Crippen LogP contribution is 2.33. The molecule has 0 spiro atoms. The van der Waals surface area contributed by atoms with Gasteiger partial charge < -0.3 is 14.4 Å². The number of rotatable bonds is 5. The molecule has 3 aromatic rings. The lowest BCUT2D eigenvalue weighted by Gasteiger charge is -2.28. The Morgan fingerprint density at radius 2 is 1.76 bits per heavy atom. The van der Waals surface area contributed by atoms with E-state index in [1.807, 2.05) is 48.5 Å². The molecule has 0 N–H and O–H groups in total. The predicted octanol–water partition coefficient (Wildman–Crippen LogP) is 3.71. The van der Waals surface area contributed by atoms with E-state index in [9.17, 15) is 9.59 Å². The molecule has 1 saturated heterocycles. The number of imide groups is 1. The molecule has 33 heavy (non-hydrogen) atoms. The van der Waals surface area contributed by atoms with Crippen LogP contribution in [0.25, 0.3) is 11.6 Å². The number of carbonyl (C=O) groups excluding carboxylic acids is 2. The maximum atomic E-state index is 13.5. The van der Waals surface area contributed by atoms with E-state index in [-0.39, 0.29) is 18.4 Å². The molecule has 2 aliphatic heterocycles. The van der Waals surface area contributed by atoms with Crippen molar-refractivity contribution in [3.63, 3.8) is 0 Å². The van der Waals surface area contributed by atoms with Crippen molar-refractivity contribution < 1.29 is 19.1 Å². The highest BCUT2D eigenvalue weighted by Gasteiger charge is 2.34. The molecule has 0 radical (unpaired) electrons. The summed E-state index contributed by atoms with van der Waals surface area (Å²) in [4.78, 5) is 35.6. The van der Waals surface area contributed by atoms with E-state index in [2.05, 4.69) is 9.88 Å². The van der Waals surface area contributed by atoms with Crippen molar-refractivity contribution in [3.05, 3.63) is 76.3 Å². The molecule has 5 rings (SSSR count). The summed E-state index contributed by atoms with van der Waals surface area (Å²) in [7, 11) is 1.60. The minimum atomic E-state index is -0.309. The van der Waals surface area contributed by atoms with Gasteiger partial charge in [0.2, 0.25) is 0 Å². The van der Waals surface area contributed by atoms with Crippen LogP contribution in [-0.4, -0.2) is 55.1 Å². The van der Waals surface area contributed by atoms with Crippen LogP contribution in [0.5, 0.6) is 5.75 Å². The van der Waals surface area contributed by atoms with E-state index < -0.39 is 0 Å². The van der Waals surface area contributed by atoms with Gasteiger partial charge in [0.25, 0.3) is 11.8 Å². The van der Waals surface area contributed by atoms with E-state index in [0.717, 1.165) is 34.4 Å². The number of thiazole rings is 1. The quantitative estimate of drug-likeness (QED) is 0.426. The van der Waals surface area contributed by atoms with Crippen LogP contribution in [-0.2, 0) is 16.1 Å². The molecule has 1 fully saturated rings. The molecule has 7 nitrogen and oxygen atoms in total. The van der Waals surface area contributed by atoms with Crippen LogP contribution in [0.15, 0.2) is 54.7 Å². The summed E-state index contributed by atoms with van der Waals surface area (Å²) in [5.74, 6) is 0.125. The first-order valence-electron chi connectivity index (χ1n) is 10.7. The number of aromatic nitrogens is 1. The first kappa shape index (κ1) is 21.4. The van der Waals surface area contributed by atoms with Gasteiger partial charge in [-0.25, -0.2) is 4.98 Å². The molecule has 0 aliphatic carbocycles. The molecule has 0 saturated carbocycles. The van der Waals surface area contributed by atoms with Crippen molar-refractivity contribution >= 4 is 39.9 Å². The van der Waals surface area contributed by atoms with E-state index in [4.69, 9.17) is 9.47 Å². The molecular weight excluding hydrogens is 438 g/mol. The minimum absolute atomic E-state index is 0.190. The number of anilines is 1. The number of morpholine rings is 1.